The lowest BCUT2D eigenvalue weighted by Gasteiger charge is -2.39. The number of benzene rings is 2. The highest BCUT2D eigenvalue weighted by Crippen LogP contribution is 2.38. The number of nitrogens with one attached hydrogen (secondary N) is 1. The molecule has 3 saturated heterocycles. The van der Waals surface area contributed by atoms with Gasteiger partial charge in [-0.25, -0.2) is 18.4 Å². The van der Waals surface area contributed by atoms with Crippen LogP contribution in [-0.2, 0) is 9.53 Å². The van der Waals surface area contributed by atoms with E-state index >= 15 is 8.78 Å². The Morgan fingerprint density at radius 3 is 2.08 bits per heavy atom. The molecule has 1 aromatic heterocycles. The number of aromatic nitrogens is 1. The molecular weight excluding hydrogens is 652 g/mol. The number of carboxylic acids is 1. The summed E-state index contributed by atoms with van der Waals surface area (Å²) in [5.41, 5.74) is 0.902. The molecule has 1 atom stereocenters. The van der Waals surface area contributed by atoms with E-state index < -0.39 is 35.2 Å². The third kappa shape index (κ3) is 6.97. The second-order valence-corrected chi connectivity index (χ2v) is 13.5. The van der Waals surface area contributed by atoms with Gasteiger partial charge in [0.2, 0.25) is 11.3 Å². The fourth-order valence-corrected chi connectivity index (χ4v) is 7.13. The molecule has 15 heteroatoms. The van der Waals surface area contributed by atoms with Gasteiger partial charge in [-0.05, 0) is 43.2 Å². The van der Waals surface area contributed by atoms with Crippen LogP contribution in [0.5, 0.6) is 0 Å². The van der Waals surface area contributed by atoms with Gasteiger partial charge in [-0.2, -0.15) is 0 Å². The minimum atomic E-state index is -1.31. The minimum Gasteiger partial charge on any atom is -0.477 e. The van der Waals surface area contributed by atoms with Crippen molar-refractivity contribution < 1.29 is 33.0 Å². The Morgan fingerprint density at radius 1 is 0.880 bits per heavy atom. The molecule has 7 rings (SSSR count). The van der Waals surface area contributed by atoms with Crippen LogP contribution in [0.4, 0.5) is 30.6 Å². The molecule has 0 bridgehead atoms. The first kappa shape index (κ1) is 33.7. The maximum absolute atomic E-state index is 15.4. The van der Waals surface area contributed by atoms with E-state index in [0.717, 1.165) is 52.1 Å². The summed E-state index contributed by atoms with van der Waals surface area (Å²) in [4.78, 5) is 58.1. The molecule has 13 nitrogen and oxygen atoms in total. The zero-order chi connectivity index (χ0) is 35.1. The molecule has 1 saturated carbocycles. The molecule has 2 aromatic carbocycles. The van der Waals surface area contributed by atoms with Crippen molar-refractivity contribution in [2.24, 2.45) is 0 Å². The van der Waals surface area contributed by atoms with Crippen LogP contribution in [0.3, 0.4) is 0 Å². The SMILES string of the molecule is CC(=O)NC[C@H]1CN(c2ccc(N3CCN(CCN4CCN(c5cc6c(cc5F)c(=O)c(C(=O)O)cn6C5CC5)CC4)CC3)c(F)c2)C(=O)O1. The maximum atomic E-state index is 15.4. The Kier molecular flexibility index (Phi) is 9.35. The lowest BCUT2D eigenvalue weighted by atomic mass is 10.1. The number of hydrogen-bond acceptors (Lipinski definition) is 9. The van der Waals surface area contributed by atoms with Crippen molar-refractivity contribution in [1.82, 2.24) is 19.7 Å². The topological polar surface area (TPSA) is 131 Å². The second-order valence-electron chi connectivity index (χ2n) is 13.5. The van der Waals surface area contributed by atoms with E-state index in [1.54, 1.807) is 18.2 Å². The summed E-state index contributed by atoms with van der Waals surface area (Å²) in [6, 6.07) is 7.79. The number of halogens is 2. The second kappa shape index (κ2) is 13.9. The number of amides is 2. The number of carbonyl (C=O) groups excluding carboxylic acids is 2. The summed E-state index contributed by atoms with van der Waals surface area (Å²) >= 11 is 0. The van der Waals surface area contributed by atoms with Crippen molar-refractivity contribution in [3.63, 3.8) is 0 Å². The third-order valence-electron chi connectivity index (χ3n) is 10.1. The van der Waals surface area contributed by atoms with Crippen LogP contribution in [0.25, 0.3) is 10.9 Å². The lowest BCUT2D eigenvalue weighted by Crippen LogP contribution is -2.51. The van der Waals surface area contributed by atoms with Gasteiger partial charge in [0, 0.05) is 90.0 Å². The first-order chi connectivity index (χ1) is 24.0. The largest absolute Gasteiger partial charge is 0.477 e. The van der Waals surface area contributed by atoms with E-state index in [1.165, 1.54) is 30.2 Å². The number of rotatable bonds is 10. The number of hydrogen-bond donors (Lipinski definition) is 2. The summed E-state index contributed by atoms with van der Waals surface area (Å²) in [6.45, 7) is 9.16. The highest BCUT2D eigenvalue weighted by Gasteiger charge is 2.33. The summed E-state index contributed by atoms with van der Waals surface area (Å²) in [5, 5.41) is 12.2. The summed E-state index contributed by atoms with van der Waals surface area (Å²) < 4.78 is 37.8. The number of fused-ring (bicyclic) bond motifs is 1. The number of anilines is 3. The van der Waals surface area contributed by atoms with Gasteiger partial charge in [-0.1, -0.05) is 0 Å². The van der Waals surface area contributed by atoms with Crippen LogP contribution in [0.15, 0.2) is 41.3 Å². The summed E-state index contributed by atoms with van der Waals surface area (Å²) in [6.07, 6.45) is 2.12. The molecule has 0 radical (unpaired) electrons. The first-order valence-corrected chi connectivity index (χ1v) is 17.1. The van der Waals surface area contributed by atoms with E-state index in [9.17, 15) is 24.3 Å². The Bertz CT molecular complexity index is 1870. The highest BCUT2D eigenvalue weighted by atomic mass is 19.1. The molecule has 4 heterocycles. The first-order valence-electron chi connectivity index (χ1n) is 17.1. The smallest absolute Gasteiger partial charge is 0.414 e. The van der Waals surface area contributed by atoms with Gasteiger partial charge in [0.1, 0.15) is 23.3 Å². The van der Waals surface area contributed by atoms with Crippen molar-refractivity contribution >= 4 is 45.9 Å². The van der Waals surface area contributed by atoms with Gasteiger partial charge in [0.25, 0.3) is 0 Å². The van der Waals surface area contributed by atoms with Crippen molar-refractivity contribution in [2.45, 2.75) is 31.9 Å². The molecule has 3 aliphatic heterocycles. The third-order valence-corrected chi connectivity index (χ3v) is 10.1. The molecule has 266 valence electrons. The van der Waals surface area contributed by atoms with Crippen molar-refractivity contribution in [3.05, 3.63) is 63.9 Å². The number of piperazine rings is 2. The van der Waals surface area contributed by atoms with Crippen molar-refractivity contribution in [2.75, 3.05) is 93.2 Å². The number of pyridine rings is 1. The molecule has 0 spiro atoms. The fourth-order valence-electron chi connectivity index (χ4n) is 7.13. The predicted molar refractivity (Wildman–Crippen MR) is 183 cm³/mol. The molecule has 3 aromatic rings. The lowest BCUT2D eigenvalue weighted by molar-refractivity contribution is -0.119. The molecule has 2 amide bonds. The Balaban J connectivity index is 0.898. The normalized spacial score (nSPS) is 20.4. The monoisotopic (exact) mass is 693 g/mol. The Morgan fingerprint density at radius 2 is 1.50 bits per heavy atom. The maximum Gasteiger partial charge on any atom is 0.414 e. The molecule has 2 N–H and O–H groups in total. The number of carboxylic acid groups (broad SMARTS) is 1. The van der Waals surface area contributed by atoms with Crippen LogP contribution >= 0.6 is 0 Å². The van der Waals surface area contributed by atoms with Gasteiger partial charge in [0.05, 0.1) is 35.7 Å². The van der Waals surface area contributed by atoms with E-state index in [-0.39, 0.29) is 36.0 Å². The molecular formula is C35H41F2N7O6. The Hall–Kier alpha value is -4.76. The fraction of sp³-hybridized carbons (Fsp3) is 0.486. The van der Waals surface area contributed by atoms with Crippen molar-refractivity contribution in [3.8, 4) is 0 Å². The van der Waals surface area contributed by atoms with Crippen LogP contribution in [0, 0.1) is 11.6 Å². The predicted octanol–water partition coefficient (Wildman–Crippen LogP) is 2.72. The van der Waals surface area contributed by atoms with Gasteiger partial charge >= 0.3 is 12.1 Å². The van der Waals surface area contributed by atoms with E-state index in [1.807, 2.05) is 14.4 Å². The number of cyclic esters (lactones) is 1. The van der Waals surface area contributed by atoms with E-state index in [4.69, 9.17) is 4.74 Å². The quantitative estimate of drug-likeness (QED) is 0.327. The summed E-state index contributed by atoms with van der Waals surface area (Å²) in [5.74, 6) is -2.45. The van der Waals surface area contributed by atoms with E-state index in [2.05, 4.69) is 15.1 Å². The standard InChI is InChI=1S/C35H41F2N7O6/c1-22(45)38-19-25-20-44(35(49)50-25)24-4-5-30(28(36)16-24)41-12-8-39(9-13-41)6-7-40-10-14-42(15-11-40)32-18-31-26(17-29(32)37)33(46)27(34(47)48)21-43(31)23-2-3-23/h4-5,16-18,21,23,25H,2-3,6-15,19-20H2,1H3,(H,38,45)(H,47,48)/t25-/m0/s1. The number of ether oxygens (including phenoxy) is 1. The zero-order valence-electron chi connectivity index (χ0n) is 27.9. The summed E-state index contributed by atoms with van der Waals surface area (Å²) in [7, 11) is 0. The van der Waals surface area contributed by atoms with Gasteiger partial charge < -0.3 is 29.5 Å². The minimum absolute atomic E-state index is 0.0968. The zero-order valence-corrected chi connectivity index (χ0v) is 27.9. The van der Waals surface area contributed by atoms with Crippen LogP contribution in [-0.4, -0.2) is 122 Å². The average Bonchev–Trinajstić information content (AvgIpc) is 3.88. The molecule has 0 unspecified atom stereocenters. The number of nitrogens with zero attached hydrogens (tertiary/aromatic N) is 6. The highest BCUT2D eigenvalue weighted by molar-refractivity contribution is 5.94. The number of aromatic carboxylic acids is 1. The van der Waals surface area contributed by atoms with Crippen molar-refractivity contribution in [1.29, 1.82) is 0 Å². The molecule has 4 aliphatic rings. The van der Waals surface area contributed by atoms with Gasteiger partial charge in [0.15, 0.2) is 0 Å². The van der Waals surface area contributed by atoms with Crippen LogP contribution in [0.2, 0.25) is 0 Å². The number of carbonyl (C=O) groups is 3. The Labute approximate surface area is 287 Å². The molecule has 4 fully saturated rings. The van der Waals surface area contributed by atoms with Gasteiger partial charge in [-0.3, -0.25) is 24.3 Å². The van der Waals surface area contributed by atoms with Crippen LogP contribution in [0.1, 0.15) is 36.2 Å². The average molecular weight is 694 g/mol. The van der Waals surface area contributed by atoms with E-state index in [0.29, 0.717) is 48.8 Å². The molecule has 1 aliphatic carbocycles. The van der Waals surface area contributed by atoms with Gasteiger partial charge in [-0.15, -0.1) is 0 Å². The molecule has 50 heavy (non-hydrogen) atoms. The van der Waals surface area contributed by atoms with Crippen LogP contribution < -0.4 is 25.4 Å².